The van der Waals surface area contributed by atoms with Crippen LogP contribution in [0.2, 0.25) is 0 Å². The van der Waals surface area contributed by atoms with E-state index in [1.54, 1.807) is 25.3 Å². The molecule has 0 spiro atoms. The highest BCUT2D eigenvalue weighted by atomic mass is 32.2. The zero-order valence-corrected chi connectivity index (χ0v) is 12.4. The zero-order chi connectivity index (χ0) is 14.6. The maximum absolute atomic E-state index is 11.9. The van der Waals surface area contributed by atoms with Crippen molar-refractivity contribution < 1.29 is 22.1 Å². The number of esters is 1. The van der Waals surface area contributed by atoms with Crippen molar-refractivity contribution in [1.29, 1.82) is 0 Å². The molecule has 0 atom stereocenters. The monoisotopic (exact) mass is 289 g/mol. The summed E-state index contributed by atoms with van der Waals surface area (Å²) in [4.78, 5) is 11.8. The molecule has 1 aromatic heterocycles. The fourth-order valence-electron chi connectivity index (χ4n) is 1.87. The molecule has 0 aromatic carbocycles. The first-order valence-electron chi connectivity index (χ1n) is 6.15. The molecule has 0 bridgehead atoms. The normalized spacial score (nSPS) is 11.6. The molecule has 0 aliphatic heterocycles. The third-order valence-corrected chi connectivity index (χ3v) is 4.16. The standard InChI is InChI=1S/C12H19NO5S/c1-5-13-9(4)11(19(15,16)18-7-3)8-10(13)12(14)17-6-2/h8H,5-7H2,1-4H3. The van der Waals surface area contributed by atoms with Gasteiger partial charge in [0.15, 0.2) is 0 Å². The Hall–Kier alpha value is -1.34. The van der Waals surface area contributed by atoms with Crippen LogP contribution < -0.4 is 0 Å². The minimum Gasteiger partial charge on any atom is -0.461 e. The Morgan fingerprint density at radius 2 is 1.89 bits per heavy atom. The lowest BCUT2D eigenvalue weighted by Crippen LogP contribution is -2.12. The van der Waals surface area contributed by atoms with Crippen molar-refractivity contribution in [3.63, 3.8) is 0 Å². The SMILES string of the molecule is CCOC(=O)c1cc(S(=O)(=O)OCC)c(C)n1CC. The van der Waals surface area contributed by atoms with Crippen LogP contribution in [0, 0.1) is 6.92 Å². The van der Waals surface area contributed by atoms with Crippen LogP contribution in [0.4, 0.5) is 0 Å². The largest absolute Gasteiger partial charge is 0.461 e. The number of ether oxygens (including phenoxy) is 1. The van der Waals surface area contributed by atoms with Crippen LogP contribution in [-0.2, 0) is 25.6 Å². The molecule has 6 nitrogen and oxygen atoms in total. The molecule has 0 N–H and O–H groups in total. The summed E-state index contributed by atoms with van der Waals surface area (Å²) < 4.78 is 35.1. The van der Waals surface area contributed by atoms with Crippen molar-refractivity contribution in [1.82, 2.24) is 4.57 Å². The van der Waals surface area contributed by atoms with Crippen LogP contribution >= 0.6 is 0 Å². The smallest absolute Gasteiger partial charge is 0.354 e. The van der Waals surface area contributed by atoms with Crippen LogP contribution in [0.25, 0.3) is 0 Å². The number of rotatable bonds is 6. The van der Waals surface area contributed by atoms with Gasteiger partial charge in [0.2, 0.25) is 0 Å². The molecule has 0 amide bonds. The number of hydrogen-bond donors (Lipinski definition) is 0. The fraction of sp³-hybridized carbons (Fsp3) is 0.583. The number of hydrogen-bond acceptors (Lipinski definition) is 5. The molecule has 1 heterocycles. The first kappa shape index (κ1) is 15.7. The summed E-state index contributed by atoms with van der Waals surface area (Å²) in [6.07, 6.45) is 0. The predicted octanol–water partition coefficient (Wildman–Crippen LogP) is 1.72. The van der Waals surface area contributed by atoms with Crippen LogP contribution in [0.3, 0.4) is 0 Å². The lowest BCUT2D eigenvalue weighted by atomic mass is 10.4. The Labute approximate surface area is 113 Å². The molecule has 7 heteroatoms. The third kappa shape index (κ3) is 3.16. The van der Waals surface area contributed by atoms with E-state index in [1.165, 1.54) is 6.07 Å². The van der Waals surface area contributed by atoms with Gasteiger partial charge in [-0.1, -0.05) is 0 Å². The summed E-state index contributed by atoms with van der Waals surface area (Å²) in [5.74, 6) is -0.537. The summed E-state index contributed by atoms with van der Waals surface area (Å²) >= 11 is 0. The van der Waals surface area contributed by atoms with Crippen LogP contribution in [0.1, 0.15) is 37.0 Å². The van der Waals surface area contributed by atoms with E-state index in [1.807, 2.05) is 6.92 Å². The Morgan fingerprint density at radius 1 is 1.26 bits per heavy atom. The molecule has 108 valence electrons. The second-order valence-electron chi connectivity index (χ2n) is 3.80. The van der Waals surface area contributed by atoms with Crippen molar-refractivity contribution >= 4 is 16.1 Å². The van der Waals surface area contributed by atoms with E-state index in [-0.39, 0.29) is 23.8 Å². The average molecular weight is 289 g/mol. The summed E-state index contributed by atoms with van der Waals surface area (Å²) in [5, 5.41) is 0. The molecule has 0 unspecified atom stereocenters. The quantitative estimate of drug-likeness (QED) is 0.589. The van der Waals surface area contributed by atoms with Gasteiger partial charge in [-0.25, -0.2) is 4.79 Å². The maximum Gasteiger partial charge on any atom is 0.354 e. The number of carbonyl (C=O) groups is 1. The highest BCUT2D eigenvalue weighted by molar-refractivity contribution is 7.86. The van der Waals surface area contributed by atoms with Crippen molar-refractivity contribution in [2.24, 2.45) is 0 Å². The van der Waals surface area contributed by atoms with E-state index in [0.717, 1.165) is 0 Å². The first-order valence-corrected chi connectivity index (χ1v) is 7.56. The van der Waals surface area contributed by atoms with E-state index < -0.39 is 16.1 Å². The minimum atomic E-state index is -3.83. The van der Waals surface area contributed by atoms with Crippen LogP contribution in [0.15, 0.2) is 11.0 Å². The van der Waals surface area contributed by atoms with E-state index in [4.69, 9.17) is 8.92 Å². The Kier molecular flexibility index (Phi) is 5.13. The van der Waals surface area contributed by atoms with Gasteiger partial charge in [-0.15, -0.1) is 0 Å². The lowest BCUT2D eigenvalue weighted by Gasteiger charge is -2.08. The van der Waals surface area contributed by atoms with Crippen molar-refractivity contribution in [3.8, 4) is 0 Å². The molecular weight excluding hydrogens is 270 g/mol. The molecule has 1 rings (SSSR count). The second kappa shape index (κ2) is 6.21. The van der Waals surface area contributed by atoms with Gasteiger partial charge in [0.05, 0.1) is 13.2 Å². The van der Waals surface area contributed by atoms with Gasteiger partial charge >= 0.3 is 5.97 Å². The maximum atomic E-state index is 11.9. The summed E-state index contributed by atoms with van der Waals surface area (Å²) in [5.41, 5.74) is 0.694. The molecule has 0 aliphatic carbocycles. The highest BCUT2D eigenvalue weighted by Gasteiger charge is 2.26. The number of nitrogens with zero attached hydrogens (tertiary/aromatic N) is 1. The van der Waals surface area contributed by atoms with Gasteiger partial charge in [0, 0.05) is 12.2 Å². The van der Waals surface area contributed by atoms with Crippen LogP contribution in [-0.4, -0.2) is 32.2 Å². The van der Waals surface area contributed by atoms with Crippen molar-refractivity contribution in [2.75, 3.05) is 13.2 Å². The van der Waals surface area contributed by atoms with E-state index in [2.05, 4.69) is 0 Å². The van der Waals surface area contributed by atoms with E-state index in [0.29, 0.717) is 12.2 Å². The average Bonchev–Trinajstić information content (AvgIpc) is 2.67. The summed E-state index contributed by atoms with van der Waals surface area (Å²) in [7, 11) is -3.83. The molecule has 0 saturated carbocycles. The Morgan fingerprint density at radius 3 is 2.37 bits per heavy atom. The highest BCUT2D eigenvalue weighted by Crippen LogP contribution is 2.23. The third-order valence-electron chi connectivity index (χ3n) is 2.66. The van der Waals surface area contributed by atoms with Crippen molar-refractivity contribution in [3.05, 3.63) is 17.5 Å². The first-order chi connectivity index (χ1) is 8.88. The van der Waals surface area contributed by atoms with E-state index in [9.17, 15) is 13.2 Å². The van der Waals surface area contributed by atoms with Gasteiger partial charge in [-0.2, -0.15) is 8.42 Å². The molecule has 0 aliphatic rings. The van der Waals surface area contributed by atoms with Crippen molar-refractivity contribution in [2.45, 2.75) is 39.1 Å². The van der Waals surface area contributed by atoms with Gasteiger partial charge in [-0.3, -0.25) is 4.18 Å². The Bertz CT molecular complexity index is 559. The summed E-state index contributed by atoms with van der Waals surface area (Å²) in [6, 6.07) is 1.31. The molecule has 1 aromatic rings. The predicted molar refractivity (Wildman–Crippen MR) is 69.6 cm³/mol. The van der Waals surface area contributed by atoms with Gasteiger partial charge in [0.1, 0.15) is 10.6 Å². The molecule has 19 heavy (non-hydrogen) atoms. The second-order valence-corrected chi connectivity index (χ2v) is 5.39. The molecule has 0 saturated heterocycles. The van der Waals surface area contributed by atoms with E-state index >= 15 is 0 Å². The minimum absolute atomic E-state index is 0.0132. The molecular formula is C12H19NO5S. The van der Waals surface area contributed by atoms with Gasteiger partial charge < -0.3 is 9.30 Å². The van der Waals surface area contributed by atoms with Gasteiger partial charge in [-0.05, 0) is 33.8 Å². The number of aromatic nitrogens is 1. The fourth-order valence-corrected chi connectivity index (χ4v) is 3.04. The lowest BCUT2D eigenvalue weighted by molar-refractivity contribution is 0.0513. The molecule has 0 fully saturated rings. The molecule has 0 radical (unpaired) electrons. The zero-order valence-electron chi connectivity index (χ0n) is 11.6. The van der Waals surface area contributed by atoms with Gasteiger partial charge in [0.25, 0.3) is 10.1 Å². The van der Waals surface area contributed by atoms with Crippen LogP contribution in [0.5, 0.6) is 0 Å². The number of carbonyl (C=O) groups excluding carboxylic acids is 1. The Balaban J connectivity index is 3.35. The topological polar surface area (TPSA) is 74.6 Å². The summed E-state index contributed by atoms with van der Waals surface area (Å²) in [6.45, 7) is 7.51.